The number of aromatic nitrogens is 1. The van der Waals surface area contributed by atoms with Gasteiger partial charge >= 0.3 is 0 Å². The maximum atomic E-state index is 6.19. The molecule has 23 heavy (non-hydrogen) atoms. The second-order valence-electron chi connectivity index (χ2n) is 5.24. The molecule has 0 aliphatic carbocycles. The quantitative estimate of drug-likeness (QED) is 0.626. The Morgan fingerprint density at radius 1 is 1.30 bits per heavy atom. The van der Waals surface area contributed by atoms with E-state index < -0.39 is 0 Å². The maximum Gasteiger partial charge on any atom is 0.138 e. The fourth-order valence-electron chi connectivity index (χ4n) is 2.51. The highest BCUT2D eigenvalue weighted by Crippen LogP contribution is 2.30. The first-order chi connectivity index (χ1) is 10.2. The molecule has 0 spiro atoms. The highest BCUT2D eigenvalue weighted by Gasteiger charge is 2.15. The lowest BCUT2D eigenvalue weighted by atomic mass is 10.1. The highest BCUT2D eigenvalue weighted by molar-refractivity contribution is 6.32. The van der Waals surface area contributed by atoms with E-state index in [1.807, 2.05) is 30.3 Å². The van der Waals surface area contributed by atoms with Crippen LogP contribution in [0.25, 0.3) is 11.1 Å². The number of halogens is 3. The van der Waals surface area contributed by atoms with Crippen LogP contribution in [0.5, 0.6) is 5.75 Å². The third-order valence-electron chi connectivity index (χ3n) is 3.63. The molecule has 3 rings (SSSR count). The molecule has 0 radical (unpaired) electrons. The van der Waals surface area contributed by atoms with Crippen molar-refractivity contribution in [2.75, 3.05) is 18.9 Å². The number of hydrogen-bond acceptors (Lipinski definition) is 4. The molecule has 7 heteroatoms. The van der Waals surface area contributed by atoms with Crippen molar-refractivity contribution >= 4 is 42.1 Å². The summed E-state index contributed by atoms with van der Waals surface area (Å²) in [4.78, 5) is 4.21. The number of rotatable bonds is 4. The van der Waals surface area contributed by atoms with Gasteiger partial charge in [0.1, 0.15) is 17.5 Å². The van der Waals surface area contributed by atoms with Crippen LogP contribution in [0.2, 0.25) is 5.15 Å². The molecule has 0 unspecified atom stereocenters. The van der Waals surface area contributed by atoms with Gasteiger partial charge in [0.15, 0.2) is 0 Å². The number of pyridine rings is 1. The fourth-order valence-corrected chi connectivity index (χ4v) is 2.72. The van der Waals surface area contributed by atoms with E-state index in [1.54, 1.807) is 6.20 Å². The molecule has 1 fully saturated rings. The van der Waals surface area contributed by atoms with E-state index in [4.69, 9.17) is 22.1 Å². The molecule has 1 atom stereocenters. The fraction of sp³-hybridized carbons (Fsp3) is 0.312. The first-order valence-corrected chi connectivity index (χ1v) is 7.48. The zero-order valence-electron chi connectivity index (χ0n) is 12.5. The molecular weight excluding hydrogens is 357 g/mol. The summed E-state index contributed by atoms with van der Waals surface area (Å²) in [6, 6.07) is 9.93. The lowest BCUT2D eigenvalue weighted by molar-refractivity contribution is 0.276. The average molecular weight is 377 g/mol. The summed E-state index contributed by atoms with van der Waals surface area (Å²) >= 11 is 6.19. The molecule has 1 aliphatic rings. The van der Waals surface area contributed by atoms with E-state index in [0.29, 0.717) is 23.5 Å². The van der Waals surface area contributed by atoms with Crippen molar-refractivity contribution in [3.63, 3.8) is 0 Å². The summed E-state index contributed by atoms with van der Waals surface area (Å²) in [7, 11) is 0. The molecule has 1 aromatic heterocycles. The SMILES string of the molecule is Cl.Cl.Nc1cccc(-c2cc(OC[C@H]3CCCN3)cnc2Cl)c1. The normalized spacial score (nSPS) is 16.3. The third kappa shape index (κ3) is 5.15. The molecule has 3 N–H and O–H groups in total. The lowest BCUT2D eigenvalue weighted by Crippen LogP contribution is -2.28. The van der Waals surface area contributed by atoms with Crippen molar-refractivity contribution < 1.29 is 4.74 Å². The van der Waals surface area contributed by atoms with Crippen LogP contribution in [-0.4, -0.2) is 24.2 Å². The van der Waals surface area contributed by atoms with Crippen molar-refractivity contribution in [1.29, 1.82) is 0 Å². The van der Waals surface area contributed by atoms with Gasteiger partial charge in [0.25, 0.3) is 0 Å². The van der Waals surface area contributed by atoms with Crippen LogP contribution in [0.3, 0.4) is 0 Å². The molecule has 1 aromatic carbocycles. The van der Waals surface area contributed by atoms with Crippen molar-refractivity contribution in [2.24, 2.45) is 0 Å². The Morgan fingerprint density at radius 3 is 2.83 bits per heavy atom. The van der Waals surface area contributed by atoms with E-state index in [-0.39, 0.29) is 24.8 Å². The minimum Gasteiger partial charge on any atom is -0.490 e. The monoisotopic (exact) mass is 375 g/mol. The first kappa shape index (κ1) is 19.8. The van der Waals surface area contributed by atoms with E-state index in [1.165, 1.54) is 6.42 Å². The van der Waals surface area contributed by atoms with Crippen LogP contribution in [-0.2, 0) is 0 Å². The number of benzene rings is 1. The Morgan fingerprint density at radius 2 is 2.13 bits per heavy atom. The van der Waals surface area contributed by atoms with Crippen LogP contribution in [0, 0.1) is 0 Å². The Hall–Kier alpha value is -1.20. The number of nitrogens with one attached hydrogen (secondary N) is 1. The van der Waals surface area contributed by atoms with E-state index in [9.17, 15) is 0 Å². The smallest absolute Gasteiger partial charge is 0.138 e. The lowest BCUT2D eigenvalue weighted by Gasteiger charge is -2.13. The van der Waals surface area contributed by atoms with Gasteiger partial charge in [-0.05, 0) is 43.1 Å². The molecule has 126 valence electrons. The predicted octanol–water partition coefficient (Wildman–Crippen LogP) is 3.96. The van der Waals surface area contributed by atoms with Crippen LogP contribution in [0.1, 0.15) is 12.8 Å². The summed E-state index contributed by atoms with van der Waals surface area (Å²) in [5, 5.41) is 3.85. The zero-order valence-corrected chi connectivity index (χ0v) is 14.9. The number of ether oxygens (including phenoxy) is 1. The summed E-state index contributed by atoms with van der Waals surface area (Å²) in [6.45, 7) is 1.72. The van der Waals surface area contributed by atoms with Gasteiger partial charge in [-0.15, -0.1) is 24.8 Å². The summed E-state index contributed by atoms with van der Waals surface area (Å²) in [6.07, 6.45) is 4.03. The van der Waals surface area contributed by atoms with Crippen molar-refractivity contribution in [3.05, 3.63) is 41.7 Å². The van der Waals surface area contributed by atoms with Crippen molar-refractivity contribution in [3.8, 4) is 16.9 Å². The van der Waals surface area contributed by atoms with Gasteiger partial charge < -0.3 is 15.8 Å². The highest BCUT2D eigenvalue weighted by atomic mass is 35.5. The molecule has 0 amide bonds. The molecule has 4 nitrogen and oxygen atoms in total. The molecular formula is C16H20Cl3N3O. The van der Waals surface area contributed by atoms with Gasteiger partial charge in [0.2, 0.25) is 0 Å². The molecule has 2 aromatic rings. The third-order valence-corrected chi connectivity index (χ3v) is 3.93. The number of anilines is 1. The number of nitrogens with zero attached hydrogens (tertiary/aromatic N) is 1. The van der Waals surface area contributed by atoms with Crippen molar-refractivity contribution in [2.45, 2.75) is 18.9 Å². The van der Waals surface area contributed by atoms with Gasteiger partial charge in [-0.3, -0.25) is 0 Å². The maximum absolute atomic E-state index is 6.19. The van der Waals surface area contributed by atoms with E-state index in [0.717, 1.165) is 29.8 Å². The Labute approximate surface area is 153 Å². The van der Waals surface area contributed by atoms with Gasteiger partial charge in [0.05, 0.1) is 6.20 Å². The van der Waals surface area contributed by atoms with E-state index in [2.05, 4.69) is 10.3 Å². The topological polar surface area (TPSA) is 60.2 Å². The Kier molecular flexibility index (Phi) is 7.92. The molecule has 1 saturated heterocycles. The number of nitrogen functional groups attached to an aromatic ring is 1. The molecule has 2 heterocycles. The van der Waals surface area contributed by atoms with Gasteiger partial charge in [-0.25, -0.2) is 4.98 Å². The summed E-state index contributed by atoms with van der Waals surface area (Å²) in [5.41, 5.74) is 8.30. The largest absolute Gasteiger partial charge is 0.490 e. The zero-order chi connectivity index (χ0) is 14.7. The first-order valence-electron chi connectivity index (χ1n) is 7.10. The van der Waals surface area contributed by atoms with Crippen LogP contribution < -0.4 is 15.8 Å². The van der Waals surface area contributed by atoms with Crippen molar-refractivity contribution in [1.82, 2.24) is 10.3 Å². The van der Waals surface area contributed by atoms with E-state index >= 15 is 0 Å². The Balaban J connectivity index is 0.00000132. The predicted molar refractivity (Wildman–Crippen MR) is 100 cm³/mol. The summed E-state index contributed by atoms with van der Waals surface area (Å²) < 4.78 is 5.82. The molecule has 0 bridgehead atoms. The number of nitrogens with two attached hydrogens (primary N) is 1. The second kappa shape index (κ2) is 9.18. The van der Waals surface area contributed by atoms with Crippen LogP contribution >= 0.6 is 36.4 Å². The standard InChI is InChI=1S/C16H18ClN3O.2ClH/c17-16-15(11-3-1-4-12(18)7-11)8-14(9-20-16)21-10-13-5-2-6-19-13;;/h1,3-4,7-9,13,19H,2,5-6,10,18H2;2*1H/t13-;;/m1../s1. The summed E-state index contributed by atoms with van der Waals surface area (Å²) in [5.74, 6) is 0.727. The minimum absolute atomic E-state index is 0. The minimum atomic E-state index is 0. The number of hydrogen-bond donors (Lipinski definition) is 2. The van der Waals surface area contributed by atoms with Gasteiger partial charge in [-0.2, -0.15) is 0 Å². The second-order valence-corrected chi connectivity index (χ2v) is 5.60. The van der Waals surface area contributed by atoms with Gasteiger partial charge in [-0.1, -0.05) is 23.7 Å². The Bertz CT molecular complexity index is 634. The van der Waals surface area contributed by atoms with Gasteiger partial charge in [0, 0.05) is 17.3 Å². The molecule has 0 saturated carbocycles. The van der Waals surface area contributed by atoms with Crippen LogP contribution in [0.15, 0.2) is 36.5 Å². The average Bonchev–Trinajstić information content (AvgIpc) is 3.00. The van der Waals surface area contributed by atoms with Crippen LogP contribution in [0.4, 0.5) is 5.69 Å². The molecule has 1 aliphatic heterocycles.